The fraction of sp³-hybridized carbons (Fsp3) is 0.333. The fourth-order valence-electron chi connectivity index (χ4n) is 1.25. The molecule has 0 atom stereocenters. The summed E-state index contributed by atoms with van der Waals surface area (Å²) in [6.45, 7) is 2.20. The third-order valence-corrected chi connectivity index (χ3v) is 2.29. The highest BCUT2D eigenvalue weighted by Crippen LogP contribution is 2.04. The zero-order valence-corrected chi connectivity index (χ0v) is 9.82. The minimum atomic E-state index is -0.243. The number of hydrazine groups is 1. The summed E-state index contributed by atoms with van der Waals surface area (Å²) < 4.78 is 0. The number of nitrogens with two attached hydrogens (primary N) is 1. The summed E-state index contributed by atoms with van der Waals surface area (Å²) in [5.74, 6) is -0.455. The zero-order valence-electron chi connectivity index (χ0n) is 9.82. The minimum absolute atomic E-state index is 0.211. The van der Waals surface area contributed by atoms with Crippen LogP contribution in [0, 0.1) is 0 Å². The van der Waals surface area contributed by atoms with Crippen molar-refractivity contribution in [3.8, 4) is 0 Å². The third-order valence-electron chi connectivity index (χ3n) is 2.29. The molecule has 0 radical (unpaired) electrons. The largest absolute Gasteiger partial charge is 0.326 e. The minimum Gasteiger partial charge on any atom is -0.326 e. The average molecular weight is 235 g/mol. The van der Waals surface area contributed by atoms with Gasteiger partial charge >= 0.3 is 0 Å². The molecule has 0 spiro atoms. The highest BCUT2D eigenvalue weighted by molar-refractivity contribution is 5.83. The van der Waals surface area contributed by atoms with Crippen molar-refractivity contribution in [2.45, 2.75) is 26.3 Å². The van der Waals surface area contributed by atoms with Crippen molar-refractivity contribution >= 4 is 11.8 Å². The molecule has 0 aliphatic heterocycles. The SMILES string of the molecule is CCC(=O)NNC(=O)Cc1ccc(CN)cc1. The topological polar surface area (TPSA) is 84.2 Å². The van der Waals surface area contributed by atoms with Crippen LogP contribution in [0.5, 0.6) is 0 Å². The van der Waals surface area contributed by atoms with Crippen LogP contribution in [0.2, 0.25) is 0 Å². The maximum Gasteiger partial charge on any atom is 0.242 e. The molecule has 4 N–H and O–H groups in total. The quantitative estimate of drug-likeness (QED) is 0.654. The number of benzene rings is 1. The first-order chi connectivity index (χ1) is 8.15. The van der Waals surface area contributed by atoms with Gasteiger partial charge in [0.2, 0.25) is 11.8 Å². The van der Waals surface area contributed by atoms with E-state index in [0.29, 0.717) is 13.0 Å². The van der Waals surface area contributed by atoms with E-state index in [4.69, 9.17) is 5.73 Å². The molecule has 17 heavy (non-hydrogen) atoms. The lowest BCUT2D eigenvalue weighted by Gasteiger charge is -2.06. The molecule has 0 aliphatic carbocycles. The Labute approximate surface area is 100 Å². The number of carbonyl (C=O) groups is 2. The van der Waals surface area contributed by atoms with Crippen LogP contribution in [-0.2, 0) is 22.6 Å². The fourth-order valence-corrected chi connectivity index (χ4v) is 1.25. The standard InChI is InChI=1S/C12H17N3O2/c1-2-11(16)14-15-12(17)7-9-3-5-10(8-13)6-4-9/h3-6H,2,7-8,13H2,1H3,(H,14,16)(H,15,17). The summed E-state index contributed by atoms with van der Waals surface area (Å²) in [5, 5.41) is 0. The van der Waals surface area contributed by atoms with Gasteiger partial charge in [0.05, 0.1) is 6.42 Å². The molecule has 0 aromatic heterocycles. The molecule has 2 amide bonds. The molecular formula is C12H17N3O2. The van der Waals surface area contributed by atoms with Gasteiger partial charge in [-0.3, -0.25) is 20.4 Å². The van der Waals surface area contributed by atoms with Crippen LogP contribution in [0.4, 0.5) is 0 Å². The summed E-state index contributed by atoms with van der Waals surface area (Å²) in [7, 11) is 0. The van der Waals surface area contributed by atoms with E-state index in [1.165, 1.54) is 0 Å². The molecule has 0 saturated heterocycles. The van der Waals surface area contributed by atoms with Crippen molar-refractivity contribution in [3.05, 3.63) is 35.4 Å². The van der Waals surface area contributed by atoms with Gasteiger partial charge in [0, 0.05) is 13.0 Å². The molecule has 5 nitrogen and oxygen atoms in total. The van der Waals surface area contributed by atoms with Gasteiger partial charge in [-0.1, -0.05) is 31.2 Å². The maximum absolute atomic E-state index is 11.4. The van der Waals surface area contributed by atoms with E-state index >= 15 is 0 Å². The third kappa shape index (κ3) is 4.65. The summed E-state index contributed by atoms with van der Waals surface area (Å²) >= 11 is 0. The molecule has 1 aromatic rings. The van der Waals surface area contributed by atoms with E-state index < -0.39 is 0 Å². The Morgan fingerprint density at radius 3 is 2.12 bits per heavy atom. The number of carbonyl (C=O) groups excluding carboxylic acids is 2. The first-order valence-corrected chi connectivity index (χ1v) is 5.51. The Balaban J connectivity index is 2.42. The number of hydrogen-bond acceptors (Lipinski definition) is 3. The van der Waals surface area contributed by atoms with Crippen molar-refractivity contribution in [3.63, 3.8) is 0 Å². The Hall–Kier alpha value is -1.88. The molecule has 0 saturated carbocycles. The van der Waals surface area contributed by atoms with Crippen LogP contribution in [0.1, 0.15) is 24.5 Å². The molecular weight excluding hydrogens is 218 g/mol. The van der Waals surface area contributed by atoms with E-state index in [-0.39, 0.29) is 18.2 Å². The molecule has 0 fully saturated rings. The summed E-state index contributed by atoms with van der Waals surface area (Å²) in [6, 6.07) is 7.47. The van der Waals surface area contributed by atoms with Gasteiger partial charge in [-0.25, -0.2) is 0 Å². The van der Waals surface area contributed by atoms with Gasteiger partial charge in [0.1, 0.15) is 0 Å². The number of hydrogen-bond donors (Lipinski definition) is 3. The molecule has 1 aromatic carbocycles. The number of amides is 2. The summed E-state index contributed by atoms with van der Waals surface area (Å²) in [5.41, 5.74) is 12.0. The van der Waals surface area contributed by atoms with Gasteiger partial charge in [-0.15, -0.1) is 0 Å². The second-order valence-electron chi connectivity index (χ2n) is 3.65. The highest BCUT2D eigenvalue weighted by atomic mass is 16.2. The van der Waals surface area contributed by atoms with Gasteiger partial charge in [0.15, 0.2) is 0 Å². The van der Waals surface area contributed by atoms with Gasteiger partial charge in [0.25, 0.3) is 0 Å². The highest BCUT2D eigenvalue weighted by Gasteiger charge is 2.04. The van der Waals surface area contributed by atoms with Gasteiger partial charge < -0.3 is 5.73 Å². The van der Waals surface area contributed by atoms with E-state index in [1.807, 2.05) is 24.3 Å². The Morgan fingerprint density at radius 1 is 1.06 bits per heavy atom. The predicted molar refractivity (Wildman–Crippen MR) is 64.6 cm³/mol. The number of rotatable bonds is 4. The van der Waals surface area contributed by atoms with Crippen LogP contribution in [-0.4, -0.2) is 11.8 Å². The average Bonchev–Trinajstić information content (AvgIpc) is 2.36. The van der Waals surface area contributed by atoms with E-state index in [9.17, 15) is 9.59 Å². The Kier molecular flexibility index (Phi) is 5.16. The van der Waals surface area contributed by atoms with E-state index in [2.05, 4.69) is 10.9 Å². The molecule has 1 rings (SSSR count). The second kappa shape index (κ2) is 6.65. The predicted octanol–water partition coefficient (Wildman–Crippen LogP) is 0.245. The van der Waals surface area contributed by atoms with Crippen LogP contribution >= 0.6 is 0 Å². The lowest BCUT2D eigenvalue weighted by Crippen LogP contribution is -2.42. The molecule has 0 unspecified atom stereocenters. The van der Waals surface area contributed by atoms with Crippen molar-refractivity contribution in [2.75, 3.05) is 0 Å². The second-order valence-corrected chi connectivity index (χ2v) is 3.65. The molecule has 5 heteroatoms. The van der Waals surface area contributed by atoms with Gasteiger partial charge in [-0.2, -0.15) is 0 Å². The van der Waals surface area contributed by atoms with Crippen molar-refractivity contribution in [1.82, 2.24) is 10.9 Å². The normalized spacial score (nSPS) is 9.76. The lowest BCUT2D eigenvalue weighted by molar-refractivity contribution is -0.128. The van der Waals surface area contributed by atoms with E-state index in [0.717, 1.165) is 11.1 Å². The Morgan fingerprint density at radius 2 is 1.59 bits per heavy atom. The van der Waals surface area contributed by atoms with Crippen LogP contribution in [0.15, 0.2) is 24.3 Å². The van der Waals surface area contributed by atoms with E-state index in [1.54, 1.807) is 6.92 Å². The molecule has 0 aliphatic rings. The summed E-state index contributed by atoms with van der Waals surface area (Å²) in [6.07, 6.45) is 0.570. The van der Waals surface area contributed by atoms with Crippen LogP contribution < -0.4 is 16.6 Å². The van der Waals surface area contributed by atoms with Crippen molar-refractivity contribution in [2.24, 2.45) is 5.73 Å². The van der Waals surface area contributed by atoms with Crippen molar-refractivity contribution in [1.29, 1.82) is 0 Å². The van der Waals surface area contributed by atoms with Crippen LogP contribution in [0.3, 0.4) is 0 Å². The van der Waals surface area contributed by atoms with Gasteiger partial charge in [-0.05, 0) is 11.1 Å². The van der Waals surface area contributed by atoms with Crippen molar-refractivity contribution < 1.29 is 9.59 Å². The smallest absolute Gasteiger partial charge is 0.242 e. The number of nitrogens with one attached hydrogen (secondary N) is 2. The lowest BCUT2D eigenvalue weighted by atomic mass is 10.1. The molecule has 92 valence electrons. The monoisotopic (exact) mass is 235 g/mol. The first-order valence-electron chi connectivity index (χ1n) is 5.51. The molecule has 0 bridgehead atoms. The molecule has 0 heterocycles. The zero-order chi connectivity index (χ0) is 12.7. The first kappa shape index (κ1) is 13.2. The Bertz CT molecular complexity index is 387. The van der Waals surface area contributed by atoms with Crippen LogP contribution in [0.25, 0.3) is 0 Å². The maximum atomic E-state index is 11.4. The summed E-state index contributed by atoms with van der Waals surface area (Å²) in [4.78, 5) is 22.3.